The number of nitrogens with zero attached hydrogens (tertiary/aromatic N) is 1. The second-order valence-electron chi connectivity index (χ2n) is 5.77. The Bertz CT molecular complexity index is 605. The van der Waals surface area contributed by atoms with Crippen LogP contribution in [0.5, 0.6) is 0 Å². The summed E-state index contributed by atoms with van der Waals surface area (Å²) < 4.78 is 24.6. The smallest absolute Gasteiger partial charge is 0.224 e. The summed E-state index contributed by atoms with van der Waals surface area (Å²) in [4.78, 5) is 13.4. The molecule has 0 aromatic heterocycles. The van der Waals surface area contributed by atoms with E-state index in [1.54, 1.807) is 11.8 Å². The Kier molecular flexibility index (Phi) is 6.92. The zero-order chi connectivity index (χ0) is 16.7. The van der Waals surface area contributed by atoms with Gasteiger partial charge in [0.15, 0.2) is 0 Å². The summed E-state index contributed by atoms with van der Waals surface area (Å²) in [5.41, 5.74) is 0. The highest BCUT2D eigenvalue weighted by Gasteiger charge is 2.29. The van der Waals surface area contributed by atoms with Crippen LogP contribution in [-0.4, -0.2) is 50.3 Å². The maximum absolute atomic E-state index is 12.2. The van der Waals surface area contributed by atoms with Gasteiger partial charge in [-0.2, -0.15) is 0 Å². The molecule has 1 aliphatic heterocycles. The van der Waals surface area contributed by atoms with Crippen molar-refractivity contribution in [2.45, 2.75) is 24.2 Å². The molecule has 0 bridgehead atoms. The molecule has 0 saturated carbocycles. The van der Waals surface area contributed by atoms with Crippen LogP contribution >= 0.6 is 11.8 Å². The van der Waals surface area contributed by atoms with Crippen molar-refractivity contribution in [3.05, 3.63) is 30.3 Å². The first-order chi connectivity index (χ1) is 11.0. The molecule has 1 saturated heterocycles. The van der Waals surface area contributed by atoms with E-state index in [-0.39, 0.29) is 11.8 Å². The van der Waals surface area contributed by atoms with Gasteiger partial charge in [-0.3, -0.25) is 4.79 Å². The topological polar surface area (TPSA) is 66.5 Å². The van der Waals surface area contributed by atoms with Crippen molar-refractivity contribution in [1.29, 1.82) is 0 Å². The normalized spacial score (nSPS) is 19.4. The molecular formula is C16H24N2O3S2. The monoisotopic (exact) mass is 356 g/mol. The molecule has 7 heteroatoms. The Morgan fingerprint density at radius 2 is 2.09 bits per heavy atom. The Labute approximate surface area is 142 Å². The van der Waals surface area contributed by atoms with Gasteiger partial charge in [-0.25, -0.2) is 12.7 Å². The lowest BCUT2D eigenvalue weighted by Gasteiger charge is -2.30. The number of amides is 1. The third-order valence-electron chi connectivity index (χ3n) is 3.86. The average Bonchev–Trinajstić information content (AvgIpc) is 2.54. The van der Waals surface area contributed by atoms with Crippen molar-refractivity contribution in [2.24, 2.45) is 5.92 Å². The molecule has 1 heterocycles. The number of nitrogens with one attached hydrogen (secondary N) is 1. The third-order valence-corrected chi connectivity index (χ3v) is 6.22. The van der Waals surface area contributed by atoms with Crippen molar-refractivity contribution < 1.29 is 13.2 Å². The van der Waals surface area contributed by atoms with E-state index in [9.17, 15) is 13.2 Å². The molecule has 23 heavy (non-hydrogen) atoms. The van der Waals surface area contributed by atoms with Gasteiger partial charge < -0.3 is 5.32 Å². The second-order valence-corrected chi connectivity index (χ2v) is 8.92. The highest BCUT2D eigenvalue weighted by molar-refractivity contribution is 7.99. The molecule has 1 amide bonds. The van der Waals surface area contributed by atoms with Crippen LogP contribution in [0, 0.1) is 5.92 Å². The van der Waals surface area contributed by atoms with Gasteiger partial charge in [0.2, 0.25) is 15.9 Å². The van der Waals surface area contributed by atoms with E-state index in [4.69, 9.17) is 0 Å². The van der Waals surface area contributed by atoms with Crippen molar-refractivity contribution in [2.75, 3.05) is 31.6 Å². The molecule has 1 aliphatic rings. The molecule has 1 aromatic carbocycles. The van der Waals surface area contributed by atoms with Gasteiger partial charge in [0.05, 0.1) is 12.2 Å². The first-order valence-corrected chi connectivity index (χ1v) is 10.7. The number of hydrogen-bond donors (Lipinski definition) is 1. The van der Waals surface area contributed by atoms with Crippen LogP contribution in [0.2, 0.25) is 0 Å². The van der Waals surface area contributed by atoms with Crippen LogP contribution in [0.15, 0.2) is 35.2 Å². The van der Waals surface area contributed by atoms with E-state index < -0.39 is 10.0 Å². The fourth-order valence-electron chi connectivity index (χ4n) is 2.59. The summed E-state index contributed by atoms with van der Waals surface area (Å²) in [6.07, 6.45) is 3.60. The Morgan fingerprint density at radius 3 is 2.78 bits per heavy atom. The molecular weight excluding hydrogens is 332 g/mol. The highest BCUT2D eigenvalue weighted by Crippen LogP contribution is 2.19. The quantitative estimate of drug-likeness (QED) is 0.599. The maximum Gasteiger partial charge on any atom is 0.224 e. The Balaban J connectivity index is 1.66. The van der Waals surface area contributed by atoms with Crippen molar-refractivity contribution >= 4 is 27.7 Å². The lowest BCUT2D eigenvalue weighted by molar-refractivity contribution is -0.126. The van der Waals surface area contributed by atoms with E-state index in [0.29, 0.717) is 19.6 Å². The van der Waals surface area contributed by atoms with E-state index >= 15 is 0 Å². The Hall–Kier alpha value is -1.05. The lowest BCUT2D eigenvalue weighted by Crippen LogP contribution is -2.45. The summed E-state index contributed by atoms with van der Waals surface area (Å²) in [7, 11) is -3.20. The zero-order valence-electron chi connectivity index (χ0n) is 13.4. The van der Waals surface area contributed by atoms with Crippen LogP contribution in [0.25, 0.3) is 0 Å². The minimum absolute atomic E-state index is 0.0249. The second kappa shape index (κ2) is 8.70. The average molecular weight is 357 g/mol. The number of carbonyl (C=O) groups is 1. The molecule has 1 atom stereocenters. The zero-order valence-corrected chi connectivity index (χ0v) is 15.0. The van der Waals surface area contributed by atoms with E-state index in [2.05, 4.69) is 17.4 Å². The molecule has 1 aromatic rings. The number of piperidine rings is 1. The molecule has 128 valence electrons. The summed E-state index contributed by atoms with van der Waals surface area (Å²) in [5, 5.41) is 2.94. The van der Waals surface area contributed by atoms with Gasteiger partial charge in [-0.1, -0.05) is 18.2 Å². The van der Waals surface area contributed by atoms with E-state index in [0.717, 1.165) is 25.0 Å². The first kappa shape index (κ1) is 18.3. The van der Waals surface area contributed by atoms with Gasteiger partial charge in [0, 0.05) is 24.5 Å². The SMILES string of the molecule is CS(=O)(=O)N1CCCC(C(=O)NCCCSc2ccccc2)C1. The predicted octanol–water partition coefficient (Wildman–Crippen LogP) is 1.96. The first-order valence-electron chi connectivity index (χ1n) is 7.87. The molecule has 1 fully saturated rings. The van der Waals surface area contributed by atoms with Gasteiger partial charge in [0.25, 0.3) is 0 Å². The van der Waals surface area contributed by atoms with Gasteiger partial charge in [0.1, 0.15) is 0 Å². The van der Waals surface area contributed by atoms with Crippen LogP contribution < -0.4 is 5.32 Å². The van der Waals surface area contributed by atoms with Crippen LogP contribution in [-0.2, 0) is 14.8 Å². The highest BCUT2D eigenvalue weighted by atomic mass is 32.2. The van der Waals surface area contributed by atoms with Crippen LogP contribution in [0.3, 0.4) is 0 Å². The van der Waals surface area contributed by atoms with Crippen LogP contribution in [0.4, 0.5) is 0 Å². The molecule has 1 N–H and O–H groups in total. The molecule has 1 unspecified atom stereocenters. The number of thioether (sulfide) groups is 1. The number of carbonyl (C=O) groups excluding carboxylic acids is 1. The van der Waals surface area contributed by atoms with E-state index in [1.165, 1.54) is 15.5 Å². The number of rotatable bonds is 7. The third kappa shape index (κ3) is 6.16. The van der Waals surface area contributed by atoms with Crippen molar-refractivity contribution in [3.63, 3.8) is 0 Å². The number of hydrogen-bond acceptors (Lipinski definition) is 4. The van der Waals surface area contributed by atoms with Crippen molar-refractivity contribution in [3.8, 4) is 0 Å². The summed E-state index contributed by atoms with van der Waals surface area (Å²) in [6.45, 7) is 1.47. The minimum Gasteiger partial charge on any atom is -0.356 e. The number of sulfonamides is 1. The van der Waals surface area contributed by atoms with Crippen LogP contribution in [0.1, 0.15) is 19.3 Å². The largest absolute Gasteiger partial charge is 0.356 e. The molecule has 5 nitrogen and oxygen atoms in total. The Morgan fingerprint density at radius 1 is 1.35 bits per heavy atom. The van der Waals surface area contributed by atoms with Gasteiger partial charge >= 0.3 is 0 Å². The minimum atomic E-state index is -3.20. The standard InChI is InChI=1S/C16H24N2O3S2/c1-23(20,21)18-11-5-7-14(13-18)16(19)17-10-6-12-22-15-8-3-2-4-9-15/h2-4,8-9,14H,5-7,10-13H2,1H3,(H,17,19). The summed E-state index contributed by atoms with van der Waals surface area (Å²) in [6, 6.07) is 10.2. The predicted molar refractivity (Wildman–Crippen MR) is 93.9 cm³/mol. The maximum atomic E-state index is 12.2. The van der Waals surface area contributed by atoms with Gasteiger partial charge in [-0.05, 0) is 37.1 Å². The summed E-state index contributed by atoms with van der Waals surface area (Å²) >= 11 is 1.77. The molecule has 0 radical (unpaired) electrons. The summed E-state index contributed by atoms with van der Waals surface area (Å²) in [5.74, 6) is 0.702. The molecule has 0 aliphatic carbocycles. The number of benzene rings is 1. The molecule has 0 spiro atoms. The molecule has 2 rings (SSSR count). The fraction of sp³-hybridized carbons (Fsp3) is 0.562. The van der Waals surface area contributed by atoms with E-state index in [1.807, 2.05) is 18.2 Å². The fourth-order valence-corrected chi connectivity index (χ4v) is 4.38. The lowest BCUT2D eigenvalue weighted by atomic mass is 9.99. The van der Waals surface area contributed by atoms with Crippen molar-refractivity contribution in [1.82, 2.24) is 9.62 Å². The van der Waals surface area contributed by atoms with Gasteiger partial charge in [-0.15, -0.1) is 11.8 Å².